The molecule has 2 amide bonds. The molecule has 0 fully saturated rings. The molecule has 0 aromatic heterocycles. The number of benzene rings is 1. The average molecular weight is 252 g/mol. The lowest BCUT2D eigenvalue weighted by Gasteiger charge is -2.22. The van der Waals surface area contributed by atoms with E-state index < -0.39 is 11.6 Å². The van der Waals surface area contributed by atoms with Gasteiger partial charge in [-0.2, -0.15) is 0 Å². The fourth-order valence-corrected chi connectivity index (χ4v) is 1.20. The van der Waals surface area contributed by atoms with Gasteiger partial charge < -0.3 is 15.7 Å². The zero-order chi connectivity index (χ0) is 13.6. The van der Waals surface area contributed by atoms with E-state index in [4.69, 9.17) is 5.11 Å². The highest BCUT2D eigenvalue weighted by molar-refractivity contribution is 5.76. The van der Waals surface area contributed by atoms with Crippen LogP contribution in [0.15, 0.2) is 30.5 Å². The molecule has 0 aliphatic carbocycles. The standard InChI is InChI=1S/C13H17FN2O2/c1-13(2,9-17)16-12(18)15-8-7-10-5-3-4-6-11(10)14/h3-8,17H,9H2,1-2H3,(H2,15,16,18)/b8-7+. The third-order valence-corrected chi connectivity index (χ3v) is 2.23. The SMILES string of the molecule is CC(C)(CO)NC(=O)N/C=C/c1ccccc1F. The summed E-state index contributed by atoms with van der Waals surface area (Å²) in [5, 5.41) is 14.0. The number of hydrogen-bond acceptors (Lipinski definition) is 2. The zero-order valence-corrected chi connectivity index (χ0v) is 10.4. The van der Waals surface area contributed by atoms with Crippen LogP contribution < -0.4 is 10.6 Å². The van der Waals surface area contributed by atoms with E-state index >= 15 is 0 Å². The fourth-order valence-electron chi connectivity index (χ4n) is 1.20. The van der Waals surface area contributed by atoms with Crippen LogP contribution in [0.3, 0.4) is 0 Å². The highest BCUT2D eigenvalue weighted by atomic mass is 19.1. The molecule has 0 aliphatic heterocycles. The first-order valence-corrected chi connectivity index (χ1v) is 5.55. The van der Waals surface area contributed by atoms with Gasteiger partial charge in [-0.3, -0.25) is 0 Å². The van der Waals surface area contributed by atoms with Crippen LogP contribution in [0.4, 0.5) is 9.18 Å². The summed E-state index contributed by atoms with van der Waals surface area (Å²) in [6.07, 6.45) is 2.81. The third-order valence-electron chi connectivity index (χ3n) is 2.23. The Morgan fingerprint density at radius 3 is 2.72 bits per heavy atom. The van der Waals surface area contributed by atoms with E-state index in [0.29, 0.717) is 5.56 Å². The van der Waals surface area contributed by atoms with Gasteiger partial charge in [-0.15, -0.1) is 0 Å². The van der Waals surface area contributed by atoms with Crippen molar-refractivity contribution in [2.24, 2.45) is 0 Å². The Morgan fingerprint density at radius 1 is 1.44 bits per heavy atom. The van der Waals surface area contributed by atoms with Crippen LogP contribution in [-0.2, 0) is 0 Å². The van der Waals surface area contributed by atoms with Gasteiger partial charge in [0.15, 0.2) is 0 Å². The Hall–Kier alpha value is -1.88. The van der Waals surface area contributed by atoms with E-state index in [1.807, 2.05) is 0 Å². The van der Waals surface area contributed by atoms with Crippen molar-refractivity contribution in [2.75, 3.05) is 6.61 Å². The maximum Gasteiger partial charge on any atom is 0.319 e. The Bertz CT molecular complexity index is 444. The predicted octanol–water partition coefficient (Wildman–Crippen LogP) is 1.87. The lowest BCUT2D eigenvalue weighted by atomic mass is 10.1. The van der Waals surface area contributed by atoms with E-state index in [9.17, 15) is 9.18 Å². The average Bonchev–Trinajstić information content (AvgIpc) is 2.31. The molecule has 0 saturated carbocycles. The van der Waals surface area contributed by atoms with Crippen LogP contribution in [0.2, 0.25) is 0 Å². The minimum absolute atomic E-state index is 0.169. The Kier molecular flexibility index (Phi) is 4.85. The van der Waals surface area contributed by atoms with Crippen molar-refractivity contribution in [3.8, 4) is 0 Å². The highest BCUT2D eigenvalue weighted by Gasteiger charge is 2.17. The van der Waals surface area contributed by atoms with Crippen LogP contribution in [0.5, 0.6) is 0 Å². The Labute approximate surface area is 106 Å². The van der Waals surface area contributed by atoms with Gasteiger partial charge in [-0.25, -0.2) is 9.18 Å². The second-order valence-electron chi connectivity index (χ2n) is 4.50. The summed E-state index contributed by atoms with van der Waals surface area (Å²) in [6.45, 7) is 3.21. The minimum Gasteiger partial charge on any atom is -0.394 e. The highest BCUT2D eigenvalue weighted by Crippen LogP contribution is 2.07. The van der Waals surface area contributed by atoms with Gasteiger partial charge >= 0.3 is 6.03 Å². The van der Waals surface area contributed by atoms with Gasteiger partial charge in [-0.05, 0) is 26.0 Å². The molecule has 4 nitrogen and oxygen atoms in total. The maximum atomic E-state index is 13.2. The second-order valence-corrected chi connectivity index (χ2v) is 4.50. The predicted molar refractivity (Wildman–Crippen MR) is 68.3 cm³/mol. The van der Waals surface area contributed by atoms with Gasteiger partial charge in [0.05, 0.1) is 12.1 Å². The molecule has 0 radical (unpaired) electrons. The minimum atomic E-state index is -0.698. The number of carbonyl (C=O) groups excluding carboxylic acids is 1. The zero-order valence-electron chi connectivity index (χ0n) is 10.4. The normalized spacial score (nSPS) is 11.6. The second kappa shape index (κ2) is 6.16. The van der Waals surface area contributed by atoms with Gasteiger partial charge in [0.25, 0.3) is 0 Å². The molecule has 1 aromatic carbocycles. The van der Waals surface area contributed by atoms with E-state index in [1.165, 1.54) is 18.3 Å². The Morgan fingerprint density at radius 2 is 2.11 bits per heavy atom. The van der Waals surface area contributed by atoms with Crippen molar-refractivity contribution >= 4 is 12.1 Å². The summed E-state index contributed by atoms with van der Waals surface area (Å²) in [4.78, 5) is 11.4. The van der Waals surface area contributed by atoms with Gasteiger partial charge in [0.2, 0.25) is 0 Å². The first kappa shape index (κ1) is 14.2. The van der Waals surface area contributed by atoms with Gasteiger partial charge in [-0.1, -0.05) is 18.2 Å². The third kappa shape index (κ3) is 4.55. The number of carbonyl (C=O) groups is 1. The molecule has 1 rings (SSSR count). The number of rotatable bonds is 4. The lowest BCUT2D eigenvalue weighted by Crippen LogP contribution is -2.49. The summed E-state index contributed by atoms with van der Waals surface area (Å²) >= 11 is 0. The van der Waals surface area contributed by atoms with Gasteiger partial charge in [0, 0.05) is 11.8 Å². The molecule has 5 heteroatoms. The van der Waals surface area contributed by atoms with Crippen LogP contribution >= 0.6 is 0 Å². The number of urea groups is 1. The summed E-state index contributed by atoms with van der Waals surface area (Å²) in [5.74, 6) is -0.355. The van der Waals surface area contributed by atoms with Crippen LogP contribution in [0, 0.1) is 5.82 Å². The van der Waals surface area contributed by atoms with Crippen molar-refractivity contribution in [2.45, 2.75) is 19.4 Å². The fraction of sp³-hybridized carbons (Fsp3) is 0.308. The monoisotopic (exact) mass is 252 g/mol. The molecule has 0 bridgehead atoms. The molecular weight excluding hydrogens is 235 g/mol. The lowest BCUT2D eigenvalue weighted by molar-refractivity contribution is 0.183. The molecule has 0 atom stereocenters. The molecule has 1 aromatic rings. The Balaban J connectivity index is 2.51. The molecule has 0 unspecified atom stereocenters. The molecule has 0 heterocycles. The van der Waals surface area contributed by atoms with Crippen molar-refractivity contribution in [3.63, 3.8) is 0 Å². The quantitative estimate of drug-likeness (QED) is 0.766. The number of aliphatic hydroxyl groups excluding tert-OH is 1. The van der Waals surface area contributed by atoms with Crippen molar-refractivity contribution in [1.82, 2.24) is 10.6 Å². The molecule has 0 aliphatic rings. The van der Waals surface area contributed by atoms with Crippen LogP contribution in [0.25, 0.3) is 6.08 Å². The summed E-state index contributed by atoms with van der Waals surface area (Å²) in [5.41, 5.74) is -0.310. The number of amides is 2. The summed E-state index contributed by atoms with van der Waals surface area (Å²) < 4.78 is 13.2. The first-order valence-electron chi connectivity index (χ1n) is 5.55. The van der Waals surface area contributed by atoms with Gasteiger partial charge in [0.1, 0.15) is 5.82 Å². The van der Waals surface area contributed by atoms with Crippen molar-refractivity contribution in [1.29, 1.82) is 0 Å². The maximum absolute atomic E-state index is 13.2. The van der Waals surface area contributed by atoms with E-state index in [2.05, 4.69) is 10.6 Å². The van der Waals surface area contributed by atoms with Crippen LogP contribution in [-0.4, -0.2) is 23.3 Å². The smallest absolute Gasteiger partial charge is 0.319 e. The number of nitrogens with one attached hydrogen (secondary N) is 2. The van der Waals surface area contributed by atoms with E-state index in [-0.39, 0.29) is 12.4 Å². The number of hydrogen-bond donors (Lipinski definition) is 3. The topological polar surface area (TPSA) is 61.4 Å². The number of halogens is 1. The molecular formula is C13H17FN2O2. The van der Waals surface area contributed by atoms with E-state index in [1.54, 1.807) is 32.0 Å². The van der Waals surface area contributed by atoms with Crippen molar-refractivity contribution in [3.05, 3.63) is 41.8 Å². The summed E-state index contributed by atoms with van der Waals surface area (Å²) in [7, 11) is 0. The van der Waals surface area contributed by atoms with E-state index in [0.717, 1.165) is 0 Å². The first-order chi connectivity index (χ1) is 8.44. The summed E-state index contributed by atoms with van der Waals surface area (Å²) in [6, 6.07) is 5.79. The molecule has 0 saturated heterocycles. The van der Waals surface area contributed by atoms with Crippen molar-refractivity contribution < 1.29 is 14.3 Å². The molecule has 18 heavy (non-hydrogen) atoms. The molecule has 0 spiro atoms. The molecule has 98 valence electrons. The molecule has 3 N–H and O–H groups in total. The van der Waals surface area contributed by atoms with Crippen LogP contribution in [0.1, 0.15) is 19.4 Å². The number of aliphatic hydroxyl groups is 1. The largest absolute Gasteiger partial charge is 0.394 e.